The van der Waals surface area contributed by atoms with Crippen molar-refractivity contribution >= 4 is 51.5 Å². The molecule has 1 N–H and O–H groups in total. The first-order valence-corrected chi connectivity index (χ1v) is 13.5. The topological polar surface area (TPSA) is 140 Å². The number of nitrogens with zero attached hydrogens (tertiary/aromatic N) is 4. The number of hydrogen-bond donors (Lipinski definition) is 1. The SMILES string of the molecule is CCOC(=O)c1sc(N2C(=O)C(=O)C(=C(O)c3nc4c(C)cccn4c3C)C2c2ccc(C(=O)OC)cc2)nc1C. The molecule has 11 nitrogen and oxygen atoms in total. The Kier molecular flexibility index (Phi) is 7.18. The molecule has 210 valence electrons. The van der Waals surface area contributed by atoms with E-state index in [1.807, 2.05) is 19.1 Å². The number of esters is 2. The van der Waals surface area contributed by atoms with Crippen LogP contribution in [0.25, 0.3) is 11.4 Å². The number of fused-ring (bicyclic) bond motifs is 1. The molecule has 41 heavy (non-hydrogen) atoms. The van der Waals surface area contributed by atoms with Crippen molar-refractivity contribution < 1.29 is 33.8 Å². The predicted octanol–water partition coefficient (Wildman–Crippen LogP) is 4.31. The molecule has 4 heterocycles. The van der Waals surface area contributed by atoms with E-state index < -0.39 is 35.4 Å². The Balaban J connectivity index is 1.73. The highest BCUT2D eigenvalue weighted by molar-refractivity contribution is 7.17. The molecule has 1 aliphatic rings. The highest BCUT2D eigenvalue weighted by atomic mass is 32.1. The molecular formula is C29H26N4O7S. The van der Waals surface area contributed by atoms with Gasteiger partial charge < -0.3 is 19.0 Å². The number of aromatic nitrogens is 3. The number of carbonyl (C=O) groups excluding carboxylic acids is 4. The molecule has 1 aromatic carbocycles. The minimum absolute atomic E-state index is 0.0799. The van der Waals surface area contributed by atoms with E-state index in [-0.39, 0.29) is 33.4 Å². The average Bonchev–Trinajstić information content (AvgIpc) is 3.60. The number of hydrogen-bond acceptors (Lipinski definition) is 10. The van der Waals surface area contributed by atoms with Crippen molar-refractivity contribution in [1.82, 2.24) is 14.4 Å². The maximum Gasteiger partial charge on any atom is 0.350 e. The summed E-state index contributed by atoms with van der Waals surface area (Å²) < 4.78 is 11.7. The van der Waals surface area contributed by atoms with Gasteiger partial charge in [0.05, 0.1) is 42.3 Å². The van der Waals surface area contributed by atoms with Crippen LogP contribution in [-0.2, 0) is 19.1 Å². The number of ketones is 1. The van der Waals surface area contributed by atoms with Crippen LogP contribution in [0.5, 0.6) is 0 Å². The highest BCUT2D eigenvalue weighted by Crippen LogP contribution is 2.44. The number of imidazole rings is 1. The fourth-order valence-electron chi connectivity index (χ4n) is 4.81. The molecule has 0 radical (unpaired) electrons. The maximum atomic E-state index is 13.6. The zero-order valence-electron chi connectivity index (χ0n) is 22.9. The van der Waals surface area contributed by atoms with Crippen molar-refractivity contribution in [2.24, 2.45) is 0 Å². The fourth-order valence-corrected chi connectivity index (χ4v) is 5.80. The number of aliphatic hydroxyl groups excluding tert-OH is 1. The van der Waals surface area contributed by atoms with Crippen LogP contribution in [0.15, 0.2) is 48.2 Å². The van der Waals surface area contributed by atoms with Gasteiger partial charge in [-0.3, -0.25) is 14.5 Å². The number of aryl methyl sites for hydroxylation is 3. The first-order valence-electron chi connectivity index (χ1n) is 12.7. The third-order valence-electron chi connectivity index (χ3n) is 6.85. The molecule has 1 saturated heterocycles. The third-order valence-corrected chi connectivity index (χ3v) is 7.99. The summed E-state index contributed by atoms with van der Waals surface area (Å²) in [4.78, 5) is 62.1. The Morgan fingerprint density at radius 2 is 1.76 bits per heavy atom. The van der Waals surface area contributed by atoms with Crippen molar-refractivity contribution in [3.8, 4) is 0 Å². The van der Waals surface area contributed by atoms with Gasteiger partial charge in [0, 0.05) is 6.20 Å². The van der Waals surface area contributed by atoms with Gasteiger partial charge in [0.1, 0.15) is 16.2 Å². The van der Waals surface area contributed by atoms with Gasteiger partial charge in [0.2, 0.25) is 0 Å². The Hall–Kier alpha value is -4.84. The number of carbonyl (C=O) groups is 4. The van der Waals surface area contributed by atoms with Gasteiger partial charge in [-0.05, 0) is 57.0 Å². The van der Waals surface area contributed by atoms with Gasteiger partial charge in [0.15, 0.2) is 10.9 Å². The highest BCUT2D eigenvalue weighted by Gasteiger charge is 2.49. The second-order valence-electron chi connectivity index (χ2n) is 9.34. The lowest BCUT2D eigenvalue weighted by molar-refractivity contribution is -0.132. The number of thiazole rings is 1. The minimum Gasteiger partial charge on any atom is -0.505 e. The van der Waals surface area contributed by atoms with Crippen LogP contribution >= 0.6 is 11.3 Å². The largest absolute Gasteiger partial charge is 0.505 e. The lowest BCUT2D eigenvalue weighted by atomic mass is 9.95. The van der Waals surface area contributed by atoms with Crippen LogP contribution in [0.3, 0.4) is 0 Å². The molecule has 1 aliphatic heterocycles. The van der Waals surface area contributed by atoms with E-state index in [2.05, 4.69) is 9.97 Å². The Morgan fingerprint density at radius 3 is 2.39 bits per heavy atom. The molecule has 0 bridgehead atoms. The van der Waals surface area contributed by atoms with E-state index >= 15 is 0 Å². The molecule has 5 rings (SSSR count). The summed E-state index contributed by atoms with van der Waals surface area (Å²) in [5, 5.41) is 11.7. The number of Topliss-reactive ketones (excluding diaryl/α,β-unsaturated/α-hetero) is 1. The number of ether oxygens (including phenoxy) is 2. The number of pyridine rings is 1. The van der Waals surface area contributed by atoms with Crippen LogP contribution < -0.4 is 4.90 Å². The van der Waals surface area contributed by atoms with Crippen molar-refractivity contribution in [1.29, 1.82) is 0 Å². The standard InChI is InChI=1S/C29H26N4O7S/c1-6-40-28(38)24-15(3)30-29(41-24)33-21(17-9-11-18(12-10-17)27(37)39-5)19(23(35)26(33)36)22(34)20-16(4)32-13-7-8-14(2)25(32)31-20/h7-13,21,34H,6H2,1-5H3. The molecule has 12 heteroatoms. The molecule has 0 aliphatic carbocycles. The van der Waals surface area contributed by atoms with Gasteiger partial charge in [-0.15, -0.1) is 0 Å². The fraction of sp³-hybridized carbons (Fsp3) is 0.241. The summed E-state index contributed by atoms with van der Waals surface area (Å²) in [5.41, 5.74) is 2.98. The minimum atomic E-state index is -1.13. The number of benzene rings is 1. The summed E-state index contributed by atoms with van der Waals surface area (Å²) >= 11 is 0.908. The van der Waals surface area contributed by atoms with Crippen LogP contribution in [0.1, 0.15) is 61.2 Å². The van der Waals surface area contributed by atoms with Gasteiger partial charge in [-0.25, -0.2) is 19.6 Å². The second-order valence-corrected chi connectivity index (χ2v) is 10.3. The molecule has 1 atom stereocenters. The molecule has 1 unspecified atom stereocenters. The summed E-state index contributed by atoms with van der Waals surface area (Å²) in [7, 11) is 1.26. The summed E-state index contributed by atoms with van der Waals surface area (Å²) in [6, 6.07) is 8.71. The van der Waals surface area contributed by atoms with Gasteiger partial charge >= 0.3 is 17.8 Å². The quantitative estimate of drug-likeness (QED) is 0.154. The summed E-state index contributed by atoms with van der Waals surface area (Å²) in [5.74, 6) is -3.48. The van der Waals surface area contributed by atoms with Crippen molar-refractivity contribution in [2.45, 2.75) is 33.7 Å². The zero-order valence-corrected chi connectivity index (χ0v) is 23.7. The maximum absolute atomic E-state index is 13.6. The number of anilines is 1. The molecule has 0 spiro atoms. The Morgan fingerprint density at radius 1 is 1.05 bits per heavy atom. The molecule has 0 saturated carbocycles. The number of amides is 1. The van der Waals surface area contributed by atoms with E-state index in [9.17, 15) is 24.3 Å². The van der Waals surface area contributed by atoms with Crippen LogP contribution in [0, 0.1) is 20.8 Å². The lowest BCUT2D eigenvalue weighted by Crippen LogP contribution is -2.29. The number of aliphatic hydroxyl groups is 1. The first kappa shape index (κ1) is 27.7. The van der Waals surface area contributed by atoms with Crippen LogP contribution in [-0.4, -0.2) is 56.8 Å². The van der Waals surface area contributed by atoms with Gasteiger partial charge in [0.25, 0.3) is 5.78 Å². The Labute approximate surface area is 238 Å². The van der Waals surface area contributed by atoms with Crippen LogP contribution in [0.2, 0.25) is 0 Å². The monoisotopic (exact) mass is 574 g/mol. The lowest BCUT2D eigenvalue weighted by Gasteiger charge is -2.23. The van der Waals surface area contributed by atoms with Crippen molar-refractivity contribution in [3.05, 3.63) is 86.8 Å². The Bertz CT molecular complexity index is 1770. The predicted molar refractivity (Wildman–Crippen MR) is 150 cm³/mol. The number of methoxy groups -OCH3 is 1. The molecule has 1 amide bonds. The molecule has 1 fully saturated rings. The van der Waals surface area contributed by atoms with E-state index in [1.165, 1.54) is 19.2 Å². The summed E-state index contributed by atoms with van der Waals surface area (Å²) in [6.45, 7) is 7.06. The van der Waals surface area contributed by atoms with Crippen molar-refractivity contribution in [2.75, 3.05) is 18.6 Å². The molecular weight excluding hydrogens is 548 g/mol. The first-order chi connectivity index (χ1) is 19.6. The summed E-state index contributed by atoms with van der Waals surface area (Å²) in [6.07, 6.45) is 1.79. The van der Waals surface area contributed by atoms with E-state index in [1.54, 1.807) is 43.5 Å². The second kappa shape index (κ2) is 10.6. The molecule has 4 aromatic rings. The van der Waals surface area contributed by atoms with Crippen molar-refractivity contribution in [3.63, 3.8) is 0 Å². The smallest absolute Gasteiger partial charge is 0.350 e. The number of rotatable bonds is 6. The zero-order chi connectivity index (χ0) is 29.6. The van der Waals surface area contributed by atoms with E-state index in [0.29, 0.717) is 22.6 Å². The molecule has 3 aromatic heterocycles. The van der Waals surface area contributed by atoms with Crippen LogP contribution in [0.4, 0.5) is 5.13 Å². The third kappa shape index (κ3) is 4.55. The normalized spacial score (nSPS) is 16.4. The van der Waals surface area contributed by atoms with E-state index in [4.69, 9.17) is 9.47 Å². The van der Waals surface area contributed by atoms with Gasteiger partial charge in [-0.1, -0.05) is 29.5 Å². The van der Waals surface area contributed by atoms with Gasteiger partial charge in [-0.2, -0.15) is 0 Å². The van der Waals surface area contributed by atoms with E-state index in [0.717, 1.165) is 21.8 Å². The average molecular weight is 575 g/mol.